The SMILES string of the molecule is C[C@H]([C@H](C(=O)Nc1cc([C@@H](CC(=O)O)C2CC2)ccc1Cl)c1ccc2cc(Cl)ccc2c1)C(F)(F)F. The summed E-state index contributed by atoms with van der Waals surface area (Å²) in [6, 6.07) is 14.5. The Morgan fingerprint density at radius 3 is 2.28 bits per heavy atom. The number of halogens is 5. The van der Waals surface area contributed by atoms with Crippen molar-refractivity contribution in [2.45, 2.75) is 44.2 Å². The lowest BCUT2D eigenvalue weighted by molar-refractivity contribution is -0.178. The van der Waals surface area contributed by atoms with Crippen molar-refractivity contribution < 1.29 is 27.9 Å². The van der Waals surface area contributed by atoms with Crippen molar-refractivity contribution in [2.24, 2.45) is 11.8 Å². The van der Waals surface area contributed by atoms with Crippen LogP contribution in [0, 0.1) is 11.8 Å². The summed E-state index contributed by atoms with van der Waals surface area (Å²) < 4.78 is 41.5. The molecule has 36 heavy (non-hydrogen) atoms. The lowest BCUT2D eigenvalue weighted by Gasteiger charge is -2.26. The van der Waals surface area contributed by atoms with Crippen molar-refractivity contribution in [3.63, 3.8) is 0 Å². The zero-order valence-corrected chi connectivity index (χ0v) is 20.8. The first-order chi connectivity index (χ1) is 16.9. The van der Waals surface area contributed by atoms with Gasteiger partial charge in [-0.1, -0.05) is 60.5 Å². The van der Waals surface area contributed by atoms with Gasteiger partial charge in [-0.05, 0) is 70.8 Å². The minimum absolute atomic E-state index is 0.0749. The van der Waals surface area contributed by atoms with Crippen molar-refractivity contribution in [2.75, 3.05) is 5.32 Å². The maximum atomic E-state index is 13.8. The molecule has 0 heterocycles. The first-order valence-corrected chi connectivity index (χ1v) is 12.3. The number of nitrogens with one attached hydrogen (secondary N) is 1. The fourth-order valence-corrected chi connectivity index (χ4v) is 4.95. The highest BCUT2D eigenvalue weighted by molar-refractivity contribution is 6.33. The summed E-state index contributed by atoms with van der Waals surface area (Å²) in [6.07, 6.45) is -2.89. The van der Waals surface area contributed by atoms with Crippen LogP contribution in [0.1, 0.15) is 49.1 Å². The van der Waals surface area contributed by atoms with E-state index in [1.54, 1.807) is 42.5 Å². The van der Waals surface area contributed by atoms with Crippen LogP contribution in [0.2, 0.25) is 10.0 Å². The molecule has 1 aliphatic rings. The van der Waals surface area contributed by atoms with Crippen LogP contribution < -0.4 is 5.32 Å². The summed E-state index contributed by atoms with van der Waals surface area (Å²) in [7, 11) is 0. The molecule has 190 valence electrons. The van der Waals surface area contributed by atoms with Gasteiger partial charge in [0.15, 0.2) is 0 Å². The molecule has 2 N–H and O–H groups in total. The molecule has 0 radical (unpaired) electrons. The fourth-order valence-electron chi connectivity index (χ4n) is 4.61. The fraction of sp³-hybridized carbons (Fsp3) is 0.333. The summed E-state index contributed by atoms with van der Waals surface area (Å²) in [4.78, 5) is 24.7. The van der Waals surface area contributed by atoms with E-state index in [1.165, 1.54) is 12.1 Å². The van der Waals surface area contributed by atoms with Gasteiger partial charge in [0.2, 0.25) is 5.91 Å². The number of carbonyl (C=O) groups excluding carboxylic acids is 1. The number of hydrogen-bond acceptors (Lipinski definition) is 2. The van der Waals surface area contributed by atoms with Crippen molar-refractivity contribution in [3.05, 3.63) is 75.8 Å². The molecule has 3 aromatic rings. The lowest BCUT2D eigenvalue weighted by atomic mass is 9.84. The van der Waals surface area contributed by atoms with Crippen molar-refractivity contribution in [3.8, 4) is 0 Å². The van der Waals surface area contributed by atoms with Crippen molar-refractivity contribution >= 4 is 51.5 Å². The number of aliphatic carboxylic acids is 1. The molecule has 0 aromatic heterocycles. The number of benzene rings is 3. The second kappa shape index (κ2) is 10.3. The Kier molecular flexibility index (Phi) is 7.53. The van der Waals surface area contributed by atoms with E-state index in [4.69, 9.17) is 23.2 Å². The number of amides is 1. The maximum absolute atomic E-state index is 13.8. The summed E-state index contributed by atoms with van der Waals surface area (Å²) in [5.41, 5.74) is 1.05. The van der Waals surface area contributed by atoms with Gasteiger partial charge in [-0.2, -0.15) is 13.2 Å². The molecule has 1 fully saturated rings. The third-order valence-corrected chi connectivity index (χ3v) is 7.31. The molecule has 4 nitrogen and oxygen atoms in total. The Hall–Kier alpha value is -2.77. The molecule has 9 heteroatoms. The van der Waals surface area contributed by atoms with E-state index >= 15 is 0 Å². The lowest BCUT2D eigenvalue weighted by Crippen LogP contribution is -2.34. The molecule has 0 unspecified atom stereocenters. The normalized spacial score (nSPS) is 16.4. The highest BCUT2D eigenvalue weighted by Crippen LogP contribution is 2.46. The van der Waals surface area contributed by atoms with E-state index in [2.05, 4.69) is 5.32 Å². The van der Waals surface area contributed by atoms with Gasteiger partial charge in [0.1, 0.15) is 0 Å². The first-order valence-electron chi connectivity index (χ1n) is 11.5. The Morgan fingerprint density at radius 2 is 1.64 bits per heavy atom. The first kappa shape index (κ1) is 26.3. The molecule has 4 rings (SSSR count). The average Bonchev–Trinajstić information content (AvgIpc) is 3.64. The minimum atomic E-state index is -4.62. The smallest absolute Gasteiger partial charge is 0.392 e. The molecule has 3 aromatic carbocycles. The second-order valence-corrected chi connectivity index (χ2v) is 10.2. The van der Waals surface area contributed by atoms with Gasteiger partial charge in [-0.25, -0.2) is 0 Å². The Labute approximate surface area is 216 Å². The minimum Gasteiger partial charge on any atom is -0.481 e. The molecule has 1 saturated carbocycles. The third-order valence-electron chi connectivity index (χ3n) is 6.75. The van der Waals surface area contributed by atoms with Crippen LogP contribution in [0.5, 0.6) is 0 Å². The number of alkyl halides is 3. The number of rotatable bonds is 8. The molecular formula is C27H24Cl2F3NO3. The van der Waals surface area contributed by atoms with Gasteiger partial charge < -0.3 is 10.4 Å². The average molecular weight is 538 g/mol. The molecule has 0 spiro atoms. The topological polar surface area (TPSA) is 66.4 Å². The van der Waals surface area contributed by atoms with Crippen LogP contribution in [0.15, 0.2) is 54.6 Å². The number of carboxylic acid groups (broad SMARTS) is 1. The van der Waals surface area contributed by atoms with Gasteiger partial charge >= 0.3 is 12.1 Å². The van der Waals surface area contributed by atoms with Crippen LogP contribution in [-0.4, -0.2) is 23.2 Å². The monoisotopic (exact) mass is 537 g/mol. The van der Waals surface area contributed by atoms with Gasteiger partial charge in [0.25, 0.3) is 0 Å². The molecule has 1 amide bonds. The van der Waals surface area contributed by atoms with Crippen LogP contribution in [0.3, 0.4) is 0 Å². The van der Waals surface area contributed by atoms with E-state index in [-0.39, 0.29) is 34.5 Å². The second-order valence-electron chi connectivity index (χ2n) is 9.33. The number of carbonyl (C=O) groups is 2. The quantitative estimate of drug-likeness (QED) is 0.305. The zero-order valence-electron chi connectivity index (χ0n) is 19.3. The number of fused-ring (bicyclic) bond motifs is 1. The van der Waals surface area contributed by atoms with Crippen LogP contribution in [0.25, 0.3) is 10.8 Å². The highest BCUT2D eigenvalue weighted by atomic mass is 35.5. The Morgan fingerprint density at radius 1 is 1.00 bits per heavy atom. The number of hydrogen-bond donors (Lipinski definition) is 2. The van der Waals surface area contributed by atoms with E-state index in [1.807, 2.05) is 0 Å². The predicted octanol–water partition coefficient (Wildman–Crippen LogP) is 8.04. The number of anilines is 1. The maximum Gasteiger partial charge on any atom is 0.392 e. The molecule has 0 aliphatic heterocycles. The predicted molar refractivity (Wildman–Crippen MR) is 135 cm³/mol. The van der Waals surface area contributed by atoms with Gasteiger partial charge in [0, 0.05) is 5.02 Å². The molecule has 1 aliphatic carbocycles. The van der Waals surface area contributed by atoms with Crippen LogP contribution in [-0.2, 0) is 9.59 Å². The summed E-state index contributed by atoms with van der Waals surface area (Å²) in [6.45, 7) is 0.977. The largest absolute Gasteiger partial charge is 0.481 e. The standard InChI is InChI=1S/C27H24Cl2F3NO3/c1-14(27(30,31)32)25(19-5-4-17-11-20(28)8-6-16(17)10-19)26(36)33-23-12-18(7-9-22(23)29)21(13-24(34)35)15-2-3-15/h4-12,14-15,21,25H,2-3,13H2,1H3,(H,33,36)(H,34,35)/t14-,21+,25+/m1/s1. The van der Waals surface area contributed by atoms with E-state index in [0.717, 1.165) is 25.2 Å². The van der Waals surface area contributed by atoms with Crippen molar-refractivity contribution in [1.82, 2.24) is 0 Å². The Balaban J connectivity index is 1.68. The summed E-state index contributed by atoms with van der Waals surface area (Å²) >= 11 is 12.3. The molecule has 3 atom stereocenters. The number of carboxylic acids is 1. The van der Waals surface area contributed by atoms with Gasteiger partial charge in [-0.15, -0.1) is 0 Å². The third kappa shape index (κ3) is 5.95. The van der Waals surface area contributed by atoms with E-state index in [9.17, 15) is 27.9 Å². The Bertz CT molecular complexity index is 1310. The van der Waals surface area contributed by atoms with Gasteiger partial charge in [0.05, 0.1) is 29.0 Å². The summed E-state index contributed by atoms with van der Waals surface area (Å²) in [5, 5.41) is 13.9. The summed E-state index contributed by atoms with van der Waals surface area (Å²) in [5.74, 6) is -5.35. The van der Waals surface area contributed by atoms with Crippen molar-refractivity contribution in [1.29, 1.82) is 0 Å². The molecule has 0 bridgehead atoms. The van der Waals surface area contributed by atoms with Gasteiger partial charge in [-0.3, -0.25) is 9.59 Å². The van der Waals surface area contributed by atoms with E-state index in [0.29, 0.717) is 16.0 Å². The molecule has 0 saturated heterocycles. The zero-order chi connectivity index (χ0) is 26.2. The van der Waals surface area contributed by atoms with Crippen LogP contribution in [0.4, 0.5) is 18.9 Å². The molecular weight excluding hydrogens is 514 g/mol. The van der Waals surface area contributed by atoms with Crippen LogP contribution >= 0.6 is 23.2 Å². The van der Waals surface area contributed by atoms with E-state index < -0.39 is 29.9 Å². The highest BCUT2D eigenvalue weighted by Gasteiger charge is 2.45.